The Balaban J connectivity index is 2.21. The number of imidazole rings is 1. The van der Waals surface area contributed by atoms with E-state index in [9.17, 15) is 13.5 Å². The smallest absolute Gasteiger partial charge is 0.260 e. The molecule has 20 heavy (non-hydrogen) atoms. The molecule has 6 nitrogen and oxygen atoms in total. The molecule has 108 valence electrons. The summed E-state index contributed by atoms with van der Waals surface area (Å²) in [6.45, 7) is 2.07. The average molecular weight is 295 g/mol. The van der Waals surface area contributed by atoms with Gasteiger partial charge in [-0.05, 0) is 17.7 Å². The number of rotatable bonds is 5. The van der Waals surface area contributed by atoms with E-state index in [0.29, 0.717) is 17.8 Å². The van der Waals surface area contributed by atoms with Gasteiger partial charge in [-0.15, -0.1) is 0 Å². The second kappa shape index (κ2) is 5.64. The van der Waals surface area contributed by atoms with Crippen LogP contribution in [-0.4, -0.2) is 34.8 Å². The first-order valence-electron chi connectivity index (χ1n) is 6.21. The molecule has 0 radical (unpaired) electrons. The van der Waals surface area contributed by atoms with Gasteiger partial charge >= 0.3 is 0 Å². The summed E-state index contributed by atoms with van der Waals surface area (Å²) in [6, 6.07) is 6.52. The number of aromatic nitrogens is 2. The van der Waals surface area contributed by atoms with Crippen LogP contribution >= 0.6 is 0 Å². The van der Waals surface area contributed by atoms with Crippen molar-refractivity contribution in [3.8, 4) is 5.75 Å². The van der Waals surface area contributed by atoms with Gasteiger partial charge in [0.25, 0.3) is 10.0 Å². The predicted molar refractivity (Wildman–Crippen MR) is 74.7 cm³/mol. The second-order valence-electron chi connectivity index (χ2n) is 4.48. The highest BCUT2D eigenvalue weighted by atomic mass is 32.2. The van der Waals surface area contributed by atoms with Crippen LogP contribution in [0.4, 0.5) is 0 Å². The van der Waals surface area contributed by atoms with E-state index in [0.717, 1.165) is 0 Å². The number of hydrogen-bond donors (Lipinski definition) is 2. The van der Waals surface area contributed by atoms with Gasteiger partial charge in [-0.2, -0.15) is 4.31 Å². The van der Waals surface area contributed by atoms with Crippen LogP contribution in [0.25, 0.3) is 0 Å². The Morgan fingerprint density at radius 2 is 2.15 bits per heavy atom. The quantitative estimate of drug-likeness (QED) is 0.875. The molecule has 0 unspecified atom stereocenters. The molecule has 2 N–H and O–H groups in total. The number of hydrogen-bond acceptors (Lipinski definition) is 4. The molecule has 1 aromatic heterocycles. The molecule has 0 bridgehead atoms. The number of sulfonamides is 1. The zero-order valence-electron chi connectivity index (χ0n) is 11.4. The van der Waals surface area contributed by atoms with Gasteiger partial charge in [0, 0.05) is 20.0 Å². The Labute approximate surface area is 118 Å². The minimum absolute atomic E-state index is 0.0806. The van der Waals surface area contributed by atoms with E-state index in [4.69, 9.17) is 0 Å². The van der Waals surface area contributed by atoms with E-state index < -0.39 is 10.0 Å². The molecule has 0 aliphatic rings. The van der Waals surface area contributed by atoms with Gasteiger partial charge in [0.05, 0.1) is 6.20 Å². The highest BCUT2D eigenvalue weighted by Crippen LogP contribution is 2.17. The fraction of sp³-hybridized carbons (Fsp3) is 0.308. The molecule has 0 aliphatic carbocycles. The molecule has 0 aliphatic heterocycles. The third-order valence-electron chi connectivity index (χ3n) is 2.94. The van der Waals surface area contributed by atoms with Crippen molar-refractivity contribution in [1.29, 1.82) is 0 Å². The summed E-state index contributed by atoms with van der Waals surface area (Å²) in [6.07, 6.45) is 1.97. The average Bonchev–Trinajstić information content (AvgIpc) is 2.88. The fourth-order valence-corrected chi connectivity index (χ4v) is 2.91. The lowest BCUT2D eigenvalue weighted by molar-refractivity contribution is 0.456. The molecule has 0 spiro atoms. The van der Waals surface area contributed by atoms with Crippen molar-refractivity contribution in [3.63, 3.8) is 0 Å². The Bertz CT molecular complexity index is 694. The molecule has 0 saturated heterocycles. The number of H-pyrrole nitrogens is 1. The molecule has 0 atom stereocenters. The lowest BCUT2D eigenvalue weighted by atomic mass is 10.2. The van der Waals surface area contributed by atoms with Crippen LogP contribution in [0.2, 0.25) is 0 Å². The summed E-state index contributed by atoms with van der Waals surface area (Å²) in [5.74, 6) is 0.748. The largest absolute Gasteiger partial charge is 0.508 e. The van der Waals surface area contributed by atoms with Crippen LogP contribution in [0.5, 0.6) is 5.75 Å². The van der Waals surface area contributed by atoms with Crippen LogP contribution in [0, 0.1) is 0 Å². The molecule has 1 aromatic carbocycles. The van der Waals surface area contributed by atoms with Gasteiger partial charge in [-0.1, -0.05) is 19.1 Å². The van der Waals surface area contributed by atoms with Crippen LogP contribution in [0.3, 0.4) is 0 Å². The van der Waals surface area contributed by atoms with Crippen molar-refractivity contribution in [2.75, 3.05) is 7.05 Å². The van der Waals surface area contributed by atoms with Crippen LogP contribution in [-0.2, 0) is 23.0 Å². The zero-order chi connectivity index (χ0) is 14.8. The number of aromatic hydroxyl groups is 1. The monoisotopic (exact) mass is 295 g/mol. The third kappa shape index (κ3) is 3.00. The Morgan fingerprint density at radius 3 is 2.75 bits per heavy atom. The van der Waals surface area contributed by atoms with Crippen molar-refractivity contribution < 1.29 is 13.5 Å². The molecule has 0 fully saturated rings. The van der Waals surface area contributed by atoms with Crippen molar-refractivity contribution in [2.45, 2.75) is 24.9 Å². The molecule has 7 heteroatoms. The maximum absolute atomic E-state index is 12.3. The van der Waals surface area contributed by atoms with Crippen molar-refractivity contribution in [3.05, 3.63) is 41.9 Å². The normalized spacial score (nSPS) is 11.9. The predicted octanol–water partition coefficient (Wildman–Crippen LogP) is 1.50. The van der Waals surface area contributed by atoms with Gasteiger partial charge in [0.15, 0.2) is 5.03 Å². The SMILES string of the molecule is CCc1ncc(S(=O)(=O)N(C)Cc2cccc(O)c2)[nH]1. The first-order chi connectivity index (χ1) is 9.43. The van der Waals surface area contributed by atoms with E-state index in [1.54, 1.807) is 18.2 Å². The van der Waals surface area contributed by atoms with Gasteiger partial charge in [-0.3, -0.25) is 0 Å². The molecule has 0 amide bonds. The summed E-state index contributed by atoms with van der Waals surface area (Å²) >= 11 is 0. The van der Waals surface area contributed by atoms with Crippen molar-refractivity contribution >= 4 is 10.0 Å². The maximum atomic E-state index is 12.3. The van der Waals surface area contributed by atoms with Gasteiger partial charge in [0.2, 0.25) is 0 Å². The van der Waals surface area contributed by atoms with E-state index in [1.807, 2.05) is 6.92 Å². The molecular formula is C13H17N3O3S. The number of nitrogens with one attached hydrogen (secondary N) is 1. The number of benzene rings is 1. The number of phenolic OH excluding ortho intramolecular Hbond substituents is 1. The standard InChI is InChI=1S/C13H17N3O3S/c1-3-12-14-8-13(15-12)20(18,19)16(2)9-10-5-4-6-11(17)7-10/h4-8,17H,3,9H2,1-2H3,(H,14,15). The minimum atomic E-state index is -3.61. The van der Waals surface area contributed by atoms with Gasteiger partial charge < -0.3 is 10.1 Å². The summed E-state index contributed by atoms with van der Waals surface area (Å²) in [7, 11) is -2.11. The summed E-state index contributed by atoms with van der Waals surface area (Å²) in [5, 5.41) is 9.48. The summed E-state index contributed by atoms with van der Waals surface area (Å²) < 4.78 is 25.9. The Kier molecular flexibility index (Phi) is 4.10. The van der Waals surface area contributed by atoms with Crippen LogP contribution in [0.1, 0.15) is 18.3 Å². The number of nitrogens with zero attached hydrogens (tertiary/aromatic N) is 2. The Hall–Kier alpha value is -1.86. The van der Waals surface area contributed by atoms with Gasteiger partial charge in [0.1, 0.15) is 11.6 Å². The topological polar surface area (TPSA) is 86.3 Å². The first kappa shape index (κ1) is 14.5. The van der Waals surface area contributed by atoms with Crippen molar-refractivity contribution in [2.24, 2.45) is 0 Å². The second-order valence-corrected chi connectivity index (χ2v) is 6.49. The van der Waals surface area contributed by atoms with Crippen molar-refractivity contribution in [1.82, 2.24) is 14.3 Å². The first-order valence-corrected chi connectivity index (χ1v) is 7.65. The summed E-state index contributed by atoms with van der Waals surface area (Å²) in [5.41, 5.74) is 0.714. The number of aromatic amines is 1. The highest BCUT2D eigenvalue weighted by Gasteiger charge is 2.23. The highest BCUT2D eigenvalue weighted by molar-refractivity contribution is 7.89. The Morgan fingerprint density at radius 1 is 1.40 bits per heavy atom. The van der Waals surface area contributed by atoms with Gasteiger partial charge in [-0.25, -0.2) is 13.4 Å². The molecule has 2 rings (SSSR count). The van der Waals surface area contributed by atoms with E-state index in [-0.39, 0.29) is 17.3 Å². The van der Waals surface area contributed by atoms with E-state index in [1.165, 1.54) is 23.6 Å². The van der Waals surface area contributed by atoms with Crippen LogP contribution < -0.4 is 0 Å². The number of phenols is 1. The number of aryl methyl sites for hydroxylation is 1. The lowest BCUT2D eigenvalue weighted by Crippen LogP contribution is -2.26. The van der Waals surface area contributed by atoms with E-state index in [2.05, 4.69) is 9.97 Å². The zero-order valence-corrected chi connectivity index (χ0v) is 12.2. The maximum Gasteiger partial charge on any atom is 0.260 e. The lowest BCUT2D eigenvalue weighted by Gasteiger charge is -2.16. The molecule has 1 heterocycles. The van der Waals surface area contributed by atoms with Crippen LogP contribution in [0.15, 0.2) is 35.5 Å². The van der Waals surface area contributed by atoms with E-state index >= 15 is 0 Å². The fourth-order valence-electron chi connectivity index (χ4n) is 1.82. The summed E-state index contributed by atoms with van der Waals surface area (Å²) in [4.78, 5) is 6.79. The molecule has 2 aromatic rings. The third-order valence-corrected chi connectivity index (χ3v) is 4.66. The minimum Gasteiger partial charge on any atom is -0.508 e. The molecule has 0 saturated carbocycles. The molecular weight excluding hydrogens is 278 g/mol.